The van der Waals surface area contributed by atoms with Crippen molar-refractivity contribution < 1.29 is 17.4 Å². The molecule has 0 bridgehead atoms. The molecule has 1 aromatic rings. The zero-order valence-electron chi connectivity index (χ0n) is 7.53. The first-order valence-corrected chi connectivity index (χ1v) is 11.4. The Kier molecular flexibility index (Phi) is 4.35. The lowest BCUT2D eigenvalue weighted by Crippen LogP contribution is -1.99. The fraction of sp³-hybridized carbons (Fsp3) is 0.125. The molecular formula is C8H6I2O4S. The Balaban J connectivity index is 0.000000531. The molecule has 4 nitrogen and oxygen atoms in total. The second-order valence-electron chi connectivity index (χ2n) is 2.82. The van der Waals surface area contributed by atoms with Gasteiger partial charge in [0.05, 0.1) is 5.56 Å². The van der Waals surface area contributed by atoms with Crippen molar-refractivity contribution in [2.45, 2.75) is 11.8 Å². The monoisotopic (exact) mass is 452 g/mol. The van der Waals surface area contributed by atoms with Crippen molar-refractivity contribution in [3.63, 3.8) is 0 Å². The summed E-state index contributed by atoms with van der Waals surface area (Å²) < 4.78 is 26.6. The zero-order valence-corrected chi connectivity index (χ0v) is 12.7. The molecule has 2 rings (SSSR count). The van der Waals surface area contributed by atoms with E-state index in [0.717, 1.165) is 5.56 Å². The van der Waals surface area contributed by atoms with Crippen LogP contribution in [0.15, 0.2) is 23.1 Å². The highest BCUT2D eigenvalue weighted by atomic mass is 128. The van der Waals surface area contributed by atoms with Gasteiger partial charge in [-0.2, -0.15) is 8.42 Å². The topological polar surface area (TPSA) is 60.4 Å². The van der Waals surface area contributed by atoms with Crippen LogP contribution in [0.1, 0.15) is 15.9 Å². The van der Waals surface area contributed by atoms with Crippen LogP contribution in [0.25, 0.3) is 0 Å². The number of fused-ring (bicyclic) bond motifs is 1. The van der Waals surface area contributed by atoms with E-state index in [1.165, 1.54) is 12.1 Å². The van der Waals surface area contributed by atoms with Gasteiger partial charge in [0.1, 0.15) is 4.90 Å². The minimum atomic E-state index is -3.83. The predicted octanol–water partition coefficient (Wildman–Crippen LogP) is 2.63. The highest BCUT2D eigenvalue weighted by Gasteiger charge is 2.34. The van der Waals surface area contributed by atoms with Crippen LogP contribution in [0.4, 0.5) is 0 Å². The summed E-state index contributed by atoms with van der Waals surface area (Å²) in [4.78, 5) is 11.0. The Hall–Kier alpha value is 0.1000. The summed E-state index contributed by atoms with van der Waals surface area (Å²) in [5.41, 5.74) is 0.895. The van der Waals surface area contributed by atoms with E-state index in [-0.39, 0.29) is 10.5 Å². The molecule has 0 saturated heterocycles. The van der Waals surface area contributed by atoms with Gasteiger partial charge in [0, 0.05) is 37.2 Å². The average molecular weight is 452 g/mol. The van der Waals surface area contributed by atoms with Crippen molar-refractivity contribution in [2.75, 3.05) is 0 Å². The molecular weight excluding hydrogens is 446 g/mol. The lowest BCUT2D eigenvalue weighted by Gasteiger charge is -1.94. The van der Waals surface area contributed by atoms with Crippen molar-refractivity contribution in [2.24, 2.45) is 0 Å². The van der Waals surface area contributed by atoms with Crippen molar-refractivity contribution in [1.82, 2.24) is 0 Å². The van der Waals surface area contributed by atoms with Gasteiger partial charge in [-0.1, -0.05) is 6.07 Å². The lowest BCUT2D eigenvalue weighted by atomic mass is 10.1. The summed E-state index contributed by atoms with van der Waals surface area (Å²) in [6, 6.07) is 4.55. The highest BCUT2D eigenvalue weighted by Crippen LogP contribution is 2.27. The molecule has 0 atom stereocenters. The van der Waals surface area contributed by atoms with Gasteiger partial charge in [-0.05, 0) is 24.6 Å². The van der Waals surface area contributed by atoms with Crippen LogP contribution in [0.5, 0.6) is 0 Å². The van der Waals surface area contributed by atoms with Crippen LogP contribution < -0.4 is 0 Å². The second-order valence-corrected chi connectivity index (χ2v) is 4.34. The lowest BCUT2D eigenvalue weighted by molar-refractivity contribution is 0.0762. The van der Waals surface area contributed by atoms with Gasteiger partial charge in [0.15, 0.2) is 0 Å². The first-order chi connectivity index (χ1) is 7.00. The van der Waals surface area contributed by atoms with Gasteiger partial charge in [-0.3, -0.25) is 0 Å². The molecule has 0 N–H and O–H groups in total. The molecule has 0 aliphatic carbocycles. The number of rotatable bonds is 0. The van der Waals surface area contributed by atoms with Crippen LogP contribution in [-0.4, -0.2) is 14.4 Å². The Labute approximate surface area is 111 Å². The van der Waals surface area contributed by atoms with Crippen LogP contribution in [0.3, 0.4) is 0 Å². The fourth-order valence-electron chi connectivity index (χ4n) is 1.19. The maximum absolute atomic E-state index is 11.2. The van der Waals surface area contributed by atoms with E-state index in [4.69, 9.17) is 0 Å². The molecule has 0 unspecified atom stereocenters. The van der Waals surface area contributed by atoms with Crippen LogP contribution >= 0.6 is 37.2 Å². The molecule has 1 aliphatic heterocycles. The summed E-state index contributed by atoms with van der Waals surface area (Å²) in [5.74, 6) is -0.796. The molecule has 1 aromatic carbocycles. The average Bonchev–Trinajstić information content (AvgIpc) is 2.40. The first-order valence-electron chi connectivity index (χ1n) is 3.74. The van der Waals surface area contributed by atoms with E-state index < -0.39 is 16.1 Å². The predicted molar refractivity (Wildman–Crippen MR) is 71.8 cm³/mol. The van der Waals surface area contributed by atoms with Crippen molar-refractivity contribution in [1.29, 1.82) is 0 Å². The van der Waals surface area contributed by atoms with Crippen LogP contribution in [0, 0.1) is 6.92 Å². The van der Waals surface area contributed by atoms with E-state index in [9.17, 15) is 13.2 Å². The Morgan fingerprint density at radius 2 is 1.87 bits per heavy atom. The number of hydrogen-bond donors (Lipinski definition) is 0. The molecule has 0 saturated carbocycles. The van der Waals surface area contributed by atoms with Crippen molar-refractivity contribution in [3.8, 4) is 0 Å². The maximum atomic E-state index is 11.2. The largest absolute Gasteiger partial charge is 0.355 e. The maximum Gasteiger partial charge on any atom is 0.355 e. The van der Waals surface area contributed by atoms with Gasteiger partial charge in [-0.25, -0.2) is 4.79 Å². The normalized spacial score (nSPS) is 16.1. The van der Waals surface area contributed by atoms with Crippen molar-refractivity contribution >= 4 is 53.3 Å². The van der Waals surface area contributed by atoms with Gasteiger partial charge >= 0.3 is 16.1 Å². The Morgan fingerprint density at radius 1 is 1.27 bits per heavy atom. The molecule has 0 fully saturated rings. The number of carbonyl (C=O) groups is 1. The quantitative estimate of drug-likeness (QED) is 0.449. The summed E-state index contributed by atoms with van der Waals surface area (Å²) in [6.07, 6.45) is 0. The highest BCUT2D eigenvalue weighted by molar-refractivity contribution is 15.0. The zero-order chi connectivity index (χ0) is 11.6. The number of halogens is 2. The van der Waals surface area contributed by atoms with E-state index >= 15 is 0 Å². The van der Waals surface area contributed by atoms with Gasteiger partial charge in [0.2, 0.25) is 0 Å². The van der Waals surface area contributed by atoms with Gasteiger partial charge in [-0.15, -0.1) is 0 Å². The number of hydrogen-bond acceptors (Lipinski definition) is 4. The summed E-state index contributed by atoms with van der Waals surface area (Å²) in [5, 5.41) is 0. The molecule has 1 heterocycles. The number of benzene rings is 1. The minimum absolute atomic E-state index is 0.0301. The molecule has 15 heavy (non-hydrogen) atoms. The molecule has 1 aliphatic rings. The van der Waals surface area contributed by atoms with Crippen LogP contribution in [0.2, 0.25) is 0 Å². The molecule has 7 heteroatoms. The number of carbonyl (C=O) groups excluding carboxylic acids is 1. The molecule has 0 radical (unpaired) electrons. The summed E-state index contributed by atoms with van der Waals surface area (Å²) in [6.45, 7) is 1.75. The summed E-state index contributed by atoms with van der Waals surface area (Å²) >= 11 is 4.24. The standard InChI is InChI=1S/C8H6O4S.I2/c1-5-2-3-6-7(4-5)13(10,11)12-8(6)9;1-2/h2-4H,1H3;. The van der Waals surface area contributed by atoms with Gasteiger partial charge < -0.3 is 4.18 Å². The second kappa shape index (κ2) is 4.95. The first kappa shape index (κ1) is 13.2. The summed E-state index contributed by atoms with van der Waals surface area (Å²) in [7, 11) is -3.83. The van der Waals surface area contributed by atoms with E-state index in [0.29, 0.717) is 0 Å². The fourth-order valence-corrected chi connectivity index (χ4v) is 2.32. The number of aryl methyl sites for hydroxylation is 1. The molecule has 0 aromatic heterocycles. The molecule has 0 amide bonds. The van der Waals surface area contributed by atoms with E-state index in [2.05, 4.69) is 41.4 Å². The third kappa shape index (κ3) is 2.61. The van der Waals surface area contributed by atoms with Gasteiger partial charge in [0.25, 0.3) is 0 Å². The van der Waals surface area contributed by atoms with Crippen LogP contribution in [-0.2, 0) is 14.3 Å². The minimum Gasteiger partial charge on any atom is -0.338 e. The Morgan fingerprint density at radius 3 is 2.47 bits per heavy atom. The molecule has 82 valence electrons. The smallest absolute Gasteiger partial charge is 0.338 e. The Bertz CT molecular complexity index is 495. The van der Waals surface area contributed by atoms with Crippen molar-refractivity contribution in [3.05, 3.63) is 29.3 Å². The van der Waals surface area contributed by atoms with E-state index in [1.54, 1.807) is 13.0 Å². The third-order valence-electron chi connectivity index (χ3n) is 1.81. The third-order valence-corrected chi connectivity index (χ3v) is 3.06. The SMILES string of the molecule is Cc1ccc2c(c1)S(=O)(=O)OC2=O.II. The van der Waals surface area contributed by atoms with E-state index in [1.807, 2.05) is 0 Å². The molecule has 0 spiro atoms.